The number of hydrogen-bond donors (Lipinski definition) is 0. The van der Waals surface area contributed by atoms with Gasteiger partial charge in [-0.05, 0) is 84.4 Å². The quantitative estimate of drug-likeness (QED) is 0.167. The summed E-state index contributed by atoms with van der Waals surface area (Å²) in [7, 11) is 0. The normalized spacial score (nSPS) is 44.1. The Balaban J connectivity index is 1.38. The standard InChI is InChI=1S/C35H56O7/c1-9-21(19(4)5)32-31(42-32)20(6)23-12-13-24-22-18-39-33(38)26-16-27(40-29(36)10-2)28(41-30(37)11-3)17-35(26,8)25(22)14-15-34(23,24)7/h19-28,31-32H,9-18H2,1-8H3/t20-,21-,22-,23+,24-,25-,26+,27-,28+,31+,32-,34+,35+/m0/s1. The van der Waals surface area contributed by atoms with E-state index in [0.717, 1.165) is 25.7 Å². The van der Waals surface area contributed by atoms with E-state index in [1.54, 1.807) is 13.8 Å². The largest absolute Gasteiger partial charge is 0.465 e. The molecular formula is C35H56O7. The molecule has 13 atom stereocenters. The van der Waals surface area contributed by atoms with Crippen LogP contribution in [0, 0.1) is 58.2 Å². The average Bonchev–Trinajstić information content (AvgIpc) is 3.66. The summed E-state index contributed by atoms with van der Waals surface area (Å²) >= 11 is 0. The third-order valence-electron chi connectivity index (χ3n) is 13.0. The van der Waals surface area contributed by atoms with E-state index < -0.39 is 12.2 Å². The maximum Gasteiger partial charge on any atom is 0.309 e. The monoisotopic (exact) mass is 588 g/mol. The van der Waals surface area contributed by atoms with Crippen molar-refractivity contribution in [1.29, 1.82) is 0 Å². The van der Waals surface area contributed by atoms with Gasteiger partial charge in [0, 0.05) is 19.3 Å². The van der Waals surface area contributed by atoms with E-state index >= 15 is 0 Å². The Hall–Kier alpha value is -1.63. The zero-order valence-electron chi connectivity index (χ0n) is 27.4. The average molecular weight is 589 g/mol. The Labute approximate surface area is 253 Å². The van der Waals surface area contributed by atoms with Crippen molar-refractivity contribution in [3.8, 4) is 0 Å². The fourth-order valence-corrected chi connectivity index (χ4v) is 10.6. The van der Waals surface area contributed by atoms with Crippen LogP contribution in [0.15, 0.2) is 0 Å². The third-order valence-corrected chi connectivity index (χ3v) is 13.0. The van der Waals surface area contributed by atoms with E-state index in [4.69, 9.17) is 18.9 Å². The first-order valence-electron chi connectivity index (χ1n) is 17.1. The summed E-state index contributed by atoms with van der Waals surface area (Å²) in [6.07, 6.45) is 6.68. The van der Waals surface area contributed by atoms with Crippen molar-refractivity contribution in [2.45, 2.75) is 138 Å². The highest BCUT2D eigenvalue weighted by Gasteiger charge is 2.65. The maximum absolute atomic E-state index is 13.6. The van der Waals surface area contributed by atoms with Gasteiger partial charge in [0.2, 0.25) is 0 Å². The molecule has 0 spiro atoms. The Morgan fingerprint density at radius 2 is 1.55 bits per heavy atom. The zero-order valence-corrected chi connectivity index (χ0v) is 27.4. The minimum atomic E-state index is -0.620. The van der Waals surface area contributed by atoms with Gasteiger partial charge in [-0.3, -0.25) is 14.4 Å². The van der Waals surface area contributed by atoms with Gasteiger partial charge in [-0.25, -0.2) is 0 Å². The lowest BCUT2D eigenvalue weighted by molar-refractivity contribution is -0.190. The summed E-state index contributed by atoms with van der Waals surface area (Å²) in [6.45, 7) is 18.1. The molecule has 0 unspecified atom stereocenters. The van der Waals surface area contributed by atoms with Crippen molar-refractivity contribution in [2.24, 2.45) is 58.2 Å². The Morgan fingerprint density at radius 3 is 2.17 bits per heavy atom. The minimum Gasteiger partial charge on any atom is -0.465 e. The van der Waals surface area contributed by atoms with E-state index in [9.17, 15) is 14.4 Å². The lowest BCUT2D eigenvalue weighted by Gasteiger charge is -2.56. The highest BCUT2D eigenvalue weighted by molar-refractivity contribution is 5.75. The second-order valence-corrected chi connectivity index (χ2v) is 15.2. The molecule has 238 valence electrons. The van der Waals surface area contributed by atoms with Crippen LogP contribution in [0.25, 0.3) is 0 Å². The molecule has 3 saturated carbocycles. The molecule has 3 aliphatic carbocycles. The van der Waals surface area contributed by atoms with Crippen LogP contribution in [0.1, 0.15) is 113 Å². The second kappa shape index (κ2) is 12.0. The number of carbonyl (C=O) groups is 3. The molecule has 0 bridgehead atoms. The smallest absolute Gasteiger partial charge is 0.309 e. The van der Waals surface area contributed by atoms with Crippen LogP contribution in [0.2, 0.25) is 0 Å². The molecular weight excluding hydrogens is 532 g/mol. The number of ether oxygens (including phenoxy) is 4. The zero-order chi connectivity index (χ0) is 30.6. The van der Waals surface area contributed by atoms with Gasteiger partial charge in [-0.1, -0.05) is 61.8 Å². The molecule has 0 aromatic rings. The molecule has 0 radical (unpaired) electrons. The molecule has 5 rings (SSSR count). The van der Waals surface area contributed by atoms with Gasteiger partial charge in [0.05, 0.1) is 24.7 Å². The number of hydrogen-bond acceptors (Lipinski definition) is 7. The van der Waals surface area contributed by atoms with Crippen molar-refractivity contribution in [3.63, 3.8) is 0 Å². The van der Waals surface area contributed by atoms with E-state index in [1.807, 2.05) is 0 Å². The fourth-order valence-electron chi connectivity index (χ4n) is 10.6. The van der Waals surface area contributed by atoms with Crippen LogP contribution in [0.4, 0.5) is 0 Å². The molecule has 5 aliphatic rings. The lowest BCUT2D eigenvalue weighted by atomic mass is 9.48. The summed E-state index contributed by atoms with van der Waals surface area (Å²) in [5, 5.41) is 0. The molecule has 7 heteroatoms. The lowest BCUT2D eigenvalue weighted by Crippen LogP contribution is -2.56. The van der Waals surface area contributed by atoms with E-state index in [2.05, 4.69) is 41.5 Å². The third kappa shape index (κ3) is 5.43. The van der Waals surface area contributed by atoms with Crippen molar-refractivity contribution >= 4 is 17.9 Å². The number of carbonyl (C=O) groups excluding carboxylic acids is 3. The summed E-state index contributed by atoms with van der Waals surface area (Å²) in [5.41, 5.74) is -0.186. The molecule has 7 nitrogen and oxygen atoms in total. The Kier molecular flexibility index (Phi) is 9.12. The van der Waals surface area contributed by atoms with E-state index in [0.29, 0.717) is 67.2 Å². The number of rotatable bonds is 9. The van der Waals surface area contributed by atoms with Gasteiger partial charge in [-0.15, -0.1) is 0 Å². The van der Waals surface area contributed by atoms with Gasteiger partial charge in [-0.2, -0.15) is 0 Å². The molecule has 2 heterocycles. The molecule has 0 aromatic heterocycles. The summed E-state index contributed by atoms with van der Waals surface area (Å²) in [5.74, 6) is 2.27. The molecule has 2 saturated heterocycles. The highest BCUT2D eigenvalue weighted by atomic mass is 16.6. The highest BCUT2D eigenvalue weighted by Crippen LogP contribution is 2.67. The topological polar surface area (TPSA) is 91.4 Å². The van der Waals surface area contributed by atoms with Crippen molar-refractivity contribution in [1.82, 2.24) is 0 Å². The Bertz CT molecular complexity index is 1020. The molecule has 0 N–H and O–H groups in total. The van der Waals surface area contributed by atoms with Crippen LogP contribution in [0.5, 0.6) is 0 Å². The second-order valence-electron chi connectivity index (χ2n) is 15.2. The molecule has 0 aromatic carbocycles. The first kappa shape index (κ1) is 31.8. The van der Waals surface area contributed by atoms with Gasteiger partial charge < -0.3 is 18.9 Å². The summed E-state index contributed by atoms with van der Waals surface area (Å²) in [4.78, 5) is 38.4. The SMILES string of the molecule is CCC(=O)O[C@H]1C[C@@H]2C(=O)OC[C@@H]3[C@H](CC[C@]4(C)[C@@H]([C@H](C)[C@H]5O[C@H]5[C@@H](CC)C(C)C)CC[C@@H]34)[C@@]2(C)C[C@H]1OC(=O)CC. The van der Waals surface area contributed by atoms with Crippen molar-refractivity contribution in [2.75, 3.05) is 6.61 Å². The van der Waals surface area contributed by atoms with Gasteiger partial charge in [0.1, 0.15) is 12.2 Å². The predicted octanol–water partition coefficient (Wildman–Crippen LogP) is 6.75. The number of fused-ring (bicyclic) bond motifs is 5. The predicted molar refractivity (Wildman–Crippen MR) is 159 cm³/mol. The van der Waals surface area contributed by atoms with E-state index in [-0.39, 0.29) is 53.4 Å². The minimum absolute atomic E-state index is 0.178. The van der Waals surface area contributed by atoms with Crippen LogP contribution < -0.4 is 0 Å². The van der Waals surface area contributed by atoms with Crippen LogP contribution >= 0.6 is 0 Å². The van der Waals surface area contributed by atoms with Gasteiger partial charge >= 0.3 is 17.9 Å². The van der Waals surface area contributed by atoms with Crippen molar-refractivity contribution in [3.05, 3.63) is 0 Å². The fraction of sp³-hybridized carbons (Fsp3) is 0.914. The van der Waals surface area contributed by atoms with Crippen LogP contribution in [0.3, 0.4) is 0 Å². The number of esters is 3. The molecule has 42 heavy (non-hydrogen) atoms. The van der Waals surface area contributed by atoms with Crippen LogP contribution in [-0.4, -0.2) is 48.9 Å². The Morgan fingerprint density at radius 1 is 0.905 bits per heavy atom. The van der Waals surface area contributed by atoms with Crippen molar-refractivity contribution < 1.29 is 33.3 Å². The maximum atomic E-state index is 13.6. The van der Waals surface area contributed by atoms with Gasteiger partial charge in [0.25, 0.3) is 0 Å². The summed E-state index contributed by atoms with van der Waals surface area (Å²) < 4.78 is 24.2. The van der Waals surface area contributed by atoms with Gasteiger partial charge in [0.15, 0.2) is 0 Å². The number of cyclic esters (lactones) is 1. The molecule has 0 amide bonds. The van der Waals surface area contributed by atoms with Crippen LogP contribution in [-0.2, 0) is 33.3 Å². The molecule has 5 fully saturated rings. The first-order chi connectivity index (χ1) is 19.9. The number of epoxide rings is 1. The summed E-state index contributed by atoms with van der Waals surface area (Å²) in [6, 6.07) is 0. The molecule has 2 aliphatic heterocycles. The first-order valence-corrected chi connectivity index (χ1v) is 17.1. The van der Waals surface area contributed by atoms with E-state index in [1.165, 1.54) is 6.42 Å².